The largest absolute Gasteiger partial charge is 0.380 e. The molecule has 0 unspecified atom stereocenters. The molecule has 114 valence electrons. The van der Waals surface area contributed by atoms with E-state index in [1.54, 1.807) is 0 Å². The summed E-state index contributed by atoms with van der Waals surface area (Å²) in [7, 11) is 0. The highest BCUT2D eigenvalue weighted by atomic mass is 16.5. The van der Waals surface area contributed by atoms with Crippen LogP contribution < -0.4 is 21.5 Å². The summed E-state index contributed by atoms with van der Waals surface area (Å²) in [6.45, 7) is 8.77. The quantitative estimate of drug-likeness (QED) is 0.480. The van der Waals surface area contributed by atoms with Crippen LogP contribution in [0.1, 0.15) is 40.0 Å². The fourth-order valence-electron chi connectivity index (χ4n) is 2.01. The smallest absolute Gasteiger partial charge is 0.253 e. The molecule has 0 bridgehead atoms. The van der Waals surface area contributed by atoms with E-state index in [0.717, 1.165) is 19.4 Å². The van der Waals surface area contributed by atoms with Gasteiger partial charge in [-0.15, -0.1) is 0 Å². The van der Waals surface area contributed by atoms with E-state index in [2.05, 4.69) is 24.5 Å². The lowest BCUT2D eigenvalue weighted by molar-refractivity contribution is 0.158. The maximum Gasteiger partial charge on any atom is 0.253 e. The summed E-state index contributed by atoms with van der Waals surface area (Å²) in [6, 6.07) is 0. The number of hydrogen-bond donors (Lipinski definition) is 2. The van der Waals surface area contributed by atoms with Crippen molar-refractivity contribution in [3.8, 4) is 0 Å². The zero-order valence-electron chi connectivity index (χ0n) is 12.8. The number of anilines is 2. The second-order valence-electron chi connectivity index (χ2n) is 5.35. The molecule has 0 aliphatic heterocycles. The molecule has 20 heavy (non-hydrogen) atoms. The van der Waals surface area contributed by atoms with E-state index in [9.17, 15) is 9.59 Å². The Bertz CT molecular complexity index is 462. The van der Waals surface area contributed by atoms with E-state index in [-0.39, 0.29) is 0 Å². The minimum absolute atomic E-state index is 0.409. The topological polar surface area (TPSA) is 67.4 Å². The SMILES string of the molecule is CCOCCNc1c(NCCCCC(C)C)c(=O)c1=O. The second-order valence-corrected chi connectivity index (χ2v) is 5.35. The summed E-state index contributed by atoms with van der Waals surface area (Å²) in [5.74, 6) is 0.705. The van der Waals surface area contributed by atoms with Crippen LogP contribution in [0.15, 0.2) is 9.59 Å². The van der Waals surface area contributed by atoms with Crippen LogP contribution in [0.2, 0.25) is 0 Å². The molecule has 0 saturated heterocycles. The van der Waals surface area contributed by atoms with Crippen molar-refractivity contribution in [2.75, 3.05) is 36.9 Å². The summed E-state index contributed by atoms with van der Waals surface area (Å²) >= 11 is 0. The third-order valence-corrected chi connectivity index (χ3v) is 3.17. The Morgan fingerprint density at radius 3 is 2.15 bits per heavy atom. The molecule has 5 heteroatoms. The summed E-state index contributed by atoms with van der Waals surface area (Å²) in [6.07, 6.45) is 3.33. The Labute approximate surface area is 120 Å². The minimum Gasteiger partial charge on any atom is -0.380 e. The van der Waals surface area contributed by atoms with Crippen LogP contribution in [0, 0.1) is 5.92 Å². The molecule has 0 spiro atoms. The van der Waals surface area contributed by atoms with Crippen molar-refractivity contribution in [1.82, 2.24) is 0 Å². The first kappa shape index (κ1) is 16.7. The van der Waals surface area contributed by atoms with Gasteiger partial charge in [-0.05, 0) is 19.3 Å². The molecule has 0 atom stereocenters. The van der Waals surface area contributed by atoms with Crippen molar-refractivity contribution in [1.29, 1.82) is 0 Å². The molecular formula is C15H26N2O3. The summed E-state index contributed by atoms with van der Waals surface area (Å²) in [4.78, 5) is 23.0. The van der Waals surface area contributed by atoms with Crippen molar-refractivity contribution in [3.05, 3.63) is 20.4 Å². The summed E-state index contributed by atoms with van der Waals surface area (Å²) in [5.41, 5.74) is 0.0218. The van der Waals surface area contributed by atoms with Gasteiger partial charge in [0.2, 0.25) is 0 Å². The van der Waals surface area contributed by atoms with Crippen molar-refractivity contribution < 1.29 is 4.74 Å². The molecule has 1 aromatic rings. The molecule has 0 heterocycles. The molecule has 0 aliphatic carbocycles. The molecule has 1 aromatic carbocycles. The minimum atomic E-state index is -0.425. The fraction of sp³-hybridized carbons (Fsp3) is 0.733. The molecule has 1 rings (SSSR count). The second kappa shape index (κ2) is 8.74. The van der Waals surface area contributed by atoms with Crippen LogP contribution in [-0.2, 0) is 4.74 Å². The third-order valence-electron chi connectivity index (χ3n) is 3.17. The van der Waals surface area contributed by atoms with Crippen molar-refractivity contribution in [2.24, 2.45) is 5.92 Å². The Kier molecular flexibility index (Phi) is 7.30. The van der Waals surface area contributed by atoms with Gasteiger partial charge in [0.25, 0.3) is 10.9 Å². The van der Waals surface area contributed by atoms with E-state index in [1.807, 2.05) is 6.92 Å². The maximum absolute atomic E-state index is 11.5. The van der Waals surface area contributed by atoms with Crippen LogP contribution in [0.25, 0.3) is 0 Å². The predicted molar refractivity (Wildman–Crippen MR) is 83.5 cm³/mol. The van der Waals surface area contributed by atoms with Gasteiger partial charge >= 0.3 is 0 Å². The zero-order valence-corrected chi connectivity index (χ0v) is 12.8. The molecule has 0 saturated carbocycles. The first-order valence-corrected chi connectivity index (χ1v) is 7.46. The Hall–Kier alpha value is -1.36. The normalized spacial score (nSPS) is 11.2. The van der Waals surface area contributed by atoms with E-state index >= 15 is 0 Å². The first-order chi connectivity index (χ1) is 9.57. The van der Waals surface area contributed by atoms with Gasteiger partial charge in [0.15, 0.2) is 0 Å². The number of unbranched alkanes of at least 4 members (excludes halogenated alkanes) is 1. The van der Waals surface area contributed by atoms with Crippen LogP contribution in [0.3, 0.4) is 0 Å². The molecular weight excluding hydrogens is 256 g/mol. The Balaban J connectivity index is 2.32. The van der Waals surface area contributed by atoms with Crippen molar-refractivity contribution in [3.63, 3.8) is 0 Å². The molecule has 2 N–H and O–H groups in total. The van der Waals surface area contributed by atoms with E-state index in [4.69, 9.17) is 4.74 Å². The lowest BCUT2D eigenvalue weighted by Crippen LogP contribution is -2.38. The lowest BCUT2D eigenvalue weighted by atomic mass is 10.1. The fourth-order valence-corrected chi connectivity index (χ4v) is 2.01. The van der Waals surface area contributed by atoms with Gasteiger partial charge in [-0.1, -0.05) is 26.7 Å². The lowest BCUT2D eigenvalue weighted by Gasteiger charge is -2.15. The molecule has 0 fully saturated rings. The van der Waals surface area contributed by atoms with Gasteiger partial charge in [-0.25, -0.2) is 0 Å². The van der Waals surface area contributed by atoms with Gasteiger partial charge in [-0.2, -0.15) is 0 Å². The van der Waals surface area contributed by atoms with Crippen molar-refractivity contribution >= 4 is 11.4 Å². The van der Waals surface area contributed by atoms with E-state index in [1.165, 1.54) is 6.42 Å². The van der Waals surface area contributed by atoms with Gasteiger partial charge < -0.3 is 15.4 Å². The van der Waals surface area contributed by atoms with Gasteiger partial charge in [-0.3, -0.25) is 9.59 Å². The van der Waals surface area contributed by atoms with Crippen molar-refractivity contribution in [2.45, 2.75) is 40.0 Å². The number of ether oxygens (including phenoxy) is 1. The highest BCUT2D eigenvalue weighted by molar-refractivity contribution is 5.73. The maximum atomic E-state index is 11.5. The summed E-state index contributed by atoms with van der Waals surface area (Å²) in [5, 5.41) is 6.04. The van der Waals surface area contributed by atoms with Gasteiger partial charge in [0, 0.05) is 19.7 Å². The van der Waals surface area contributed by atoms with Gasteiger partial charge in [0.1, 0.15) is 11.4 Å². The molecule has 0 aromatic heterocycles. The molecule has 0 radical (unpaired) electrons. The van der Waals surface area contributed by atoms with Crippen LogP contribution >= 0.6 is 0 Å². The van der Waals surface area contributed by atoms with Crippen LogP contribution in [-0.4, -0.2) is 26.3 Å². The Morgan fingerprint density at radius 2 is 1.60 bits per heavy atom. The zero-order chi connectivity index (χ0) is 15.0. The first-order valence-electron chi connectivity index (χ1n) is 7.46. The average Bonchev–Trinajstić information content (AvgIpc) is 2.43. The standard InChI is InChI=1S/C15H26N2O3/c1-4-20-10-9-17-13-12(14(18)15(13)19)16-8-6-5-7-11(2)3/h11,16-17H,4-10H2,1-3H3. The molecule has 5 nitrogen and oxygen atoms in total. The summed E-state index contributed by atoms with van der Waals surface area (Å²) < 4.78 is 5.18. The van der Waals surface area contributed by atoms with E-state index in [0.29, 0.717) is 37.1 Å². The number of nitrogens with one attached hydrogen (secondary N) is 2. The van der Waals surface area contributed by atoms with Crippen LogP contribution in [0.4, 0.5) is 11.4 Å². The van der Waals surface area contributed by atoms with E-state index < -0.39 is 10.9 Å². The van der Waals surface area contributed by atoms with Gasteiger partial charge in [0.05, 0.1) is 6.61 Å². The Morgan fingerprint density at radius 1 is 1.00 bits per heavy atom. The predicted octanol–water partition coefficient (Wildman–Crippen LogP) is 1.97. The van der Waals surface area contributed by atoms with Crippen LogP contribution in [0.5, 0.6) is 0 Å². The highest BCUT2D eigenvalue weighted by Crippen LogP contribution is 2.14. The third kappa shape index (κ3) is 4.96. The monoisotopic (exact) mass is 282 g/mol. The highest BCUT2D eigenvalue weighted by Gasteiger charge is 2.19. The number of rotatable bonds is 11. The number of hydrogen-bond acceptors (Lipinski definition) is 5. The molecule has 0 amide bonds. The average molecular weight is 282 g/mol. The molecule has 0 aliphatic rings.